The summed E-state index contributed by atoms with van der Waals surface area (Å²) in [6, 6.07) is 3.82. The number of nitrogens with one attached hydrogen (secondary N) is 2. The fourth-order valence-electron chi connectivity index (χ4n) is 2.44. The number of aliphatic imine (C=N–C) groups is 2. The van der Waals surface area contributed by atoms with E-state index in [1.807, 2.05) is 53.7 Å². The molecule has 1 aromatic rings. The van der Waals surface area contributed by atoms with Crippen LogP contribution in [0.25, 0.3) is 0 Å². The van der Waals surface area contributed by atoms with Gasteiger partial charge in [-0.25, -0.2) is 0 Å². The second kappa shape index (κ2) is 25.1. The van der Waals surface area contributed by atoms with Crippen LogP contribution in [0.2, 0.25) is 0 Å². The molecule has 193 valence electrons. The first-order chi connectivity index (χ1) is 15.6. The van der Waals surface area contributed by atoms with Crippen LogP contribution in [0.4, 0.5) is 0 Å². The SMILES string of the molecule is CC.CC.CC.CN=C([S-])N/N=C(/C=N/NC([S-])=NC)c1ccc(CN2CCCCC2)o1.[Cu+2]. The molecule has 0 unspecified atom stereocenters. The molecule has 11 heteroatoms. The smallest absolute Gasteiger partial charge is 0.741 e. The number of piperidine rings is 1. The van der Waals surface area contributed by atoms with Gasteiger partial charge in [-0.1, -0.05) is 48.0 Å². The Balaban J connectivity index is -0.00000119. The van der Waals surface area contributed by atoms with Crippen molar-refractivity contribution >= 4 is 47.5 Å². The number of amidine groups is 2. The first-order valence-electron chi connectivity index (χ1n) is 11.3. The van der Waals surface area contributed by atoms with E-state index < -0.39 is 0 Å². The summed E-state index contributed by atoms with van der Waals surface area (Å²) in [4.78, 5) is 10.0. The molecule has 0 amide bonds. The third-order valence-corrected chi connectivity index (χ3v) is 4.32. The van der Waals surface area contributed by atoms with E-state index >= 15 is 0 Å². The molecular formula is C22H41CuN7OS2. The molecule has 0 saturated carbocycles. The second-order valence-electron chi connectivity index (χ2n) is 5.64. The van der Waals surface area contributed by atoms with Crippen LogP contribution in [0.3, 0.4) is 0 Å². The number of hydrogen-bond acceptors (Lipinski definition) is 8. The van der Waals surface area contributed by atoms with Crippen LogP contribution in [-0.2, 0) is 48.9 Å². The molecule has 0 spiro atoms. The number of hydrogen-bond donors (Lipinski definition) is 2. The van der Waals surface area contributed by atoms with Crippen molar-refractivity contribution in [2.24, 2.45) is 20.2 Å². The van der Waals surface area contributed by atoms with Crippen molar-refractivity contribution in [2.45, 2.75) is 67.3 Å². The molecule has 2 heterocycles. The normalized spacial score (nSPS) is 14.5. The van der Waals surface area contributed by atoms with Gasteiger partial charge in [0.1, 0.15) is 11.5 Å². The molecule has 1 radical (unpaired) electrons. The van der Waals surface area contributed by atoms with Crippen LogP contribution in [0.5, 0.6) is 0 Å². The van der Waals surface area contributed by atoms with Crippen molar-refractivity contribution in [2.75, 3.05) is 27.2 Å². The predicted octanol–water partition coefficient (Wildman–Crippen LogP) is 4.28. The number of furan rings is 1. The van der Waals surface area contributed by atoms with Crippen LogP contribution in [0, 0.1) is 0 Å². The zero-order chi connectivity index (χ0) is 24.8. The van der Waals surface area contributed by atoms with Crippen LogP contribution in [0.1, 0.15) is 72.3 Å². The fraction of sp³-hybridized carbons (Fsp3) is 0.636. The molecule has 1 fully saturated rings. The van der Waals surface area contributed by atoms with Gasteiger partial charge in [-0.05, 0) is 48.4 Å². The van der Waals surface area contributed by atoms with E-state index in [-0.39, 0.29) is 27.4 Å². The van der Waals surface area contributed by atoms with E-state index in [0.29, 0.717) is 11.5 Å². The Kier molecular flexibility index (Phi) is 27.4. The Morgan fingerprint density at radius 3 is 2.03 bits per heavy atom. The first kappa shape index (κ1) is 36.1. The zero-order valence-corrected chi connectivity index (χ0v) is 23.8. The summed E-state index contributed by atoms with van der Waals surface area (Å²) in [5.41, 5.74) is 5.77. The average Bonchev–Trinajstić information content (AvgIpc) is 3.33. The maximum Gasteiger partial charge on any atom is 2.00 e. The van der Waals surface area contributed by atoms with E-state index in [4.69, 9.17) is 29.7 Å². The summed E-state index contributed by atoms with van der Waals surface area (Å²) in [5.74, 6) is 1.46. The topological polar surface area (TPSA) is 89.9 Å². The maximum absolute atomic E-state index is 5.94. The van der Waals surface area contributed by atoms with E-state index in [9.17, 15) is 0 Å². The average molecular weight is 547 g/mol. The Bertz CT molecular complexity index is 701. The monoisotopic (exact) mass is 546 g/mol. The second-order valence-corrected chi connectivity index (χ2v) is 6.41. The predicted molar refractivity (Wildman–Crippen MR) is 145 cm³/mol. The number of likely N-dealkylation sites (tertiary alicyclic amines) is 1. The molecule has 2 N–H and O–H groups in total. The van der Waals surface area contributed by atoms with Crippen LogP contribution < -0.4 is 10.9 Å². The van der Waals surface area contributed by atoms with Crippen LogP contribution >= 0.6 is 0 Å². The number of hydrazone groups is 2. The summed E-state index contributed by atoms with van der Waals surface area (Å²) in [7, 11) is 3.17. The number of rotatable bonds is 6. The van der Waals surface area contributed by atoms with Crippen molar-refractivity contribution < 1.29 is 21.5 Å². The molecule has 33 heavy (non-hydrogen) atoms. The third kappa shape index (κ3) is 16.7. The minimum absolute atomic E-state index is 0. The van der Waals surface area contributed by atoms with Gasteiger partial charge in [0, 0.05) is 14.1 Å². The molecule has 1 aliphatic heterocycles. The van der Waals surface area contributed by atoms with Gasteiger partial charge in [-0.2, -0.15) is 10.2 Å². The Labute approximate surface area is 222 Å². The van der Waals surface area contributed by atoms with Crippen molar-refractivity contribution in [1.29, 1.82) is 0 Å². The maximum atomic E-state index is 5.94. The quantitative estimate of drug-likeness (QED) is 0.182. The van der Waals surface area contributed by atoms with Crippen LogP contribution in [0.15, 0.2) is 36.7 Å². The first-order valence-corrected chi connectivity index (χ1v) is 12.2. The van der Waals surface area contributed by atoms with Gasteiger partial charge in [0.05, 0.1) is 12.8 Å². The molecule has 1 aromatic heterocycles. The summed E-state index contributed by atoms with van der Waals surface area (Å²) in [6.45, 7) is 15.0. The standard InChI is InChI=1S/C16H25N7OS2.3C2H6.Cu/c1-17-15(25)21-19-10-13(20-22-16(26)18-2)14-7-6-12(24-14)11-23-8-4-3-5-9-23;3*1-2;/h6-7,10H,3-5,8-9,11H2,1-2H3,(H2,17,21,25)(H2,18,22,26);3*1-2H3;/q;;;;+2/p-2/b19-10+,20-13-;;;;. The largest absolute Gasteiger partial charge is 2.00 e. The van der Waals surface area contributed by atoms with Gasteiger partial charge < -0.3 is 29.7 Å². The summed E-state index contributed by atoms with van der Waals surface area (Å²) < 4.78 is 5.94. The third-order valence-electron chi connectivity index (χ3n) is 3.77. The Hall–Kier alpha value is -1.52. The van der Waals surface area contributed by atoms with Crippen molar-refractivity contribution in [3.63, 3.8) is 0 Å². The fourth-order valence-corrected chi connectivity index (χ4v) is 2.54. The summed E-state index contributed by atoms with van der Waals surface area (Å²) in [5, 5.41) is 8.77. The van der Waals surface area contributed by atoms with Gasteiger partial charge in [0.2, 0.25) is 0 Å². The Morgan fingerprint density at radius 1 is 0.939 bits per heavy atom. The van der Waals surface area contributed by atoms with Gasteiger partial charge in [0.25, 0.3) is 0 Å². The van der Waals surface area contributed by atoms with Gasteiger partial charge in [-0.15, -0.1) is 0 Å². The molecule has 1 saturated heterocycles. The van der Waals surface area contributed by atoms with Gasteiger partial charge >= 0.3 is 17.1 Å². The molecule has 0 bridgehead atoms. The molecule has 0 aromatic carbocycles. The summed E-state index contributed by atoms with van der Waals surface area (Å²) in [6.07, 6.45) is 5.28. The molecule has 2 rings (SSSR count). The summed E-state index contributed by atoms with van der Waals surface area (Å²) >= 11 is 9.92. The van der Waals surface area contributed by atoms with E-state index in [1.165, 1.54) is 25.5 Å². The van der Waals surface area contributed by atoms with Gasteiger partial charge in [0.15, 0.2) is 5.76 Å². The molecule has 0 aliphatic carbocycles. The molecular weight excluding hydrogens is 506 g/mol. The zero-order valence-electron chi connectivity index (χ0n) is 21.2. The van der Waals surface area contributed by atoms with Crippen LogP contribution in [-0.4, -0.2) is 54.3 Å². The van der Waals surface area contributed by atoms with E-state index in [0.717, 1.165) is 25.4 Å². The van der Waals surface area contributed by atoms with Gasteiger partial charge in [-0.3, -0.25) is 25.7 Å². The van der Waals surface area contributed by atoms with Crippen molar-refractivity contribution in [3.05, 3.63) is 23.7 Å². The minimum Gasteiger partial charge on any atom is -0.741 e. The van der Waals surface area contributed by atoms with Crippen molar-refractivity contribution in [1.82, 2.24) is 15.8 Å². The van der Waals surface area contributed by atoms with Crippen molar-refractivity contribution in [3.8, 4) is 0 Å². The minimum atomic E-state index is 0. The van der Waals surface area contributed by atoms with E-state index in [1.54, 1.807) is 14.1 Å². The molecule has 0 atom stereocenters. The number of nitrogens with zero attached hydrogens (tertiary/aromatic N) is 5. The molecule has 1 aliphatic rings. The molecule has 8 nitrogen and oxygen atoms in total. The van der Waals surface area contributed by atoms with E-state index in [2.05, 4.69) is 35.9 Å². The Morgan fingerprint density at radius 2 is 1.48 bits per heavy atom.